The first-order chi connectivity index (χ1) is 13.3. The Morgan fingerprint density at radius 2 is 1.71 bits per heavy atom. The lowest BCUT2D eigenvalue weighted by atomic mass is 9.96. The minimum Gasteiger partial charge on any atom is -0.507 e. The SMILES string of the molecule is COc1cc2cc(c1O)-c1cc(ccc1O)CCC(OS(=O)(=O)O)CCCC2. The van der Waals surface area contributed by atoms with Crippen LogP contribution >= 0.6 is 0 Å². The molecule has 0 amide bonds. The van der Waals surface area contributed by atoms with Gasteiger partial charge in [0.05, 0.1) is 13.2 Å². The van der Waals surface area contributed by atoms with Gasteiger partial charge in [-0.15, -0.1) is 0 Å². The first-order valence-corrected chi connectivity index (χ1v) is 10.5. The first kappa shape index (κ1) is 20.4. The fourth-order valence-corrected chi connectivity index (χ4v) is 4.10. The van der Waals surface area contributed by atoms with Crippen molar-refractivity contribution in [2.75, 3.05) is 7.11 Å². The molecule has 0 saturated heterocycles. The number of hydrogen-bond donors (Lipinski definition) is 3. The smallest absolute Gasteiger partial charge is 0.397 e. The molecule has 1 aliphatic carbocycles. The summed E-state index contributed by atoms with van der Waals surface area (Å²) < 4.78 is 41.4. The van der Waals surface area contributed by atoms with E-state index in [1.54, 1.807) is 24.3 Å². The summed E-state index contributed by atoms with van der Waals surface area (Å²) in [6.07, 6.45) is 2.92. The standard InChI is InChI=1S/C20H24O7S/c1-26-19-12-14-4-2-3-5-15(27-28(23,24)25)8-6-13-7-9-18(21)16(10-13)17(11-14)20(19)22/h7,9-12,15,21-22H,2-6,8H2,1H3,(H,23,24,25). The maximum Gasteiger partial charge on any atom is 0.397 e. The number of ether oxygens (including phenoxy) is 1. The molecule has 0 aromatic heterocycles. The van der Waals surface area contributed by atoms with Crippen molar-refractivity contribution in [3.05, 3.63) is 41.5 Å². The van der Waals surface area contributed by atoms with Crippen LogP contribution in [0.3, 0.4) is 0 Å². The van der Waals surface area contributed by atoms with Gasteiger partial charge in [-0.1, -0.05) is 12.5 Å². The number of hydrogen-bond acceptors (Lipinski definition) is 6. The summed E-state index contributed by atoms with van der Waals surface area (Å²) in [6.45, 7) is 0. The lowest BCUT2D eigenvalue weighted by Gasteiger charge is -2.15. The second kappa shape index (κ2) is 8.38. The van der Waals surface area contributed by atoms with E-state index in [-0.39, 0.29) is 11.5 Å². The van der Waals surface area contributed by atoms with E-state index in [0.29, 0.717) is 49.0 Å². The Balaban J connectivity index is 2.03. The minimum atomic E-state index is -4.52. The zero-order chi connectivity index (χ0) is 20.3. The van der Waals surface area contributed by atoms with E-state index < -0.39 is 16.5 Å². The summed E-state index contributed by atoms with van der Waals surface area (Å²) in [5.41, 5.74) is 2.74. The van der Waals surface area contributed by atoms with Crippen molar-refractivity contribution in [2.45, 2.75) is 44.6 Å². The summed E-state index contributed by atoms with van der Waals surface area (Å²) in [6, 6.07) is 8.63. The molecule has 3 N–H and O–H groups in total. The number of aryl methyl sites for hydroxylation is 2. The van der Waals surface area contributed by atoms with Crippen LogP contribution in [0, 0.1) is 0 Å². The maximum atomic E-state index is 11.1. The number of aromatic hydroxyl groups is 2. The highest BCUT2D eigenvalue weighted by molar-refractivity contribution is 7.80. The van der Waals surface area contributed by atoms with E-state index in [1.165, 1.54) is 7.11 Å². The Kier molecular flexibility index (Phi) is 6.12. The topological polar surface area (TPSA) is 113 Å². The van der Waals surface area contributed by atoms with E-state index in [1.807, 2.05) is 6.07 Å². The van der Waals surface area contributed by atoms with Crippen LogP contribution in [0.5, 0.6) is 17.2 Å². The summed E-state index contributed by atoms with van der Waals surface area (Å²) in [5.74, 6) is 0.319. The largest absolute Gasteiger partial charge is 0.507 e. The molecule has 152 valence electrons. The third-order valence-electron chi connectivity index (χ3n) is 4.96. The van der Waals surface area contributed by atoms with E-state index in [0.717, 1.165) is 17.5 Å². The fourth-order valence-electron chi connectivity index (χ4n) is 3.57. The van der Waals surface area contributed by atoms with Gasteiger partial charge < -0.3 is 14.9 Å². The van der Waals surface area contributed by atoms with Gasteiger partial charge in [-0.05, 0) is 67.5 Å². The van der Waals surface area contributed by atoms with Gasteiger partial charge in [0.25, 0.3) is 0 Å². The number of phenolic OH excluding ortho intramolecular Hbond substituents is 2. The number of fused-ring (bicyclic) bond motifs is 5. The molecule has 0 saturated carbocycles. The van der Waals surface area contributed by atoms with E-state index in [2.05, 4.69) is 0 Å². The maximum absolute atomic E-state index is 11.1. The third kappa shape index (κ3) is 4.95. The van der Waals surface area contributed by atoms with Crippen LogP contribution in [0.2, 0.25) is 0 Å². The van der Waals surface area contributed by atoms with Crippen LogP contribution in [0.25, 0.3) is 11.1 Å². The summed E-state index contributed by atoms with van der Waals surface area (Å²) in [5, 5.41) is 20.9. The Bertz CT molecular complexity index is 953. The normalized spacial score (nSPS) is 17.9. The van der Waals surface area contributed by atoms with E-state index >= 15 is 0 Å². The molecule has 0 heterocycles. The molecule has 2 aromatic rings. The molecule has 0 radical (unpaired) electrons. The lowest BCUT2D eigenvalue weighted by molar-refractivity contribution is 0.161. The molecule has 0 aliphatic heterocycles. The van der Waals surface area contributed by atoms with Gasteiger partial charge in [-0.2, -0.15) is 8.42 Å². The van der Waals surface area contributed by atoms with Crippen LogP contribution in [0.4, 0.5) is 0 Å². The van der Waals surface area contributed by atoms with Crippen molar-refractivity contribution >= 4 is 10.4 Å². The lowest BCUT2D eigenvalue weighted by Crippen LogP contribution is -2.19. The molecule has 7 nitrogen and oxygen atoms in total. The van der Waals surface area contributed by atoms with Gasteiger partial charge in [-0.3, -0.25) is 4.55 Å². The highest BCUT2D eigenvalue weighted by Gasteiger charge is 2.20. The van der Waals surface area contributed by atoms with Crippen molar-refractivity contribution in [3.63, 3.8) is 0 Å². The number of methoxy groups -OCH3 is 1. The Morgan fingerprint density at radius 3 is 2.43 bits per heavy atom. The zero-order valence-corrected chi connectivity index (χ0v) is 16.4. The Hall–Kier alpha value is -2.29. The van der Waals surface area contributed by atoms with Crippen LogP contribution in [-0.2, 0) is 27.4 Å². The molecule has 0 spiro atoms. The minimum absolute atomic E-state index is 0.0267. The summed E-state index contributed by atoms with van der Waals surface area (Å²) in [7, 11) is -3.05. The molecule has 4 bridgehead atoms. The molecule has 1 unspecified atom stereocenters. The molecular formula is C20H24O7S. The fraction of sp³-hybridized carbons (Fsp3) is 0.400. The molecular weight excluding hydrogens is 384 g/mol. The molecule has 3 rings (SSSR count). The molecule has 1 aliphatic rings. The van der Waals surface area contributed by atoms with Gasteiger partial charge in [-0.25, -0.2) is 4.18 Å². The van der Waals surface area contributed by atoms with Crippen LogP contribution < -0.4 is 4.74 Å². The summed E-state index contributed by atoms with van der Waals surface area (Å²) in [4.78, 5) is 0. The molecule has 0 fully saturated rings. The second-order valence-electron chi connectivity index (χ2n) is 6.98. The van der Waals surface area contributed by atoms with Crippen molar-refractivity contribution in [2.24, 2.45) is 0 Å². The van der Waals surface area contributed by atoms with Crippen molar-refractivity contribution in [1.82, 2.24) is 0 Å². The van der Waals surface area contributed by atoms with Gasteiger partial charge >= 0.3 is 10.4 Å². The first-order valence-electron chi connectivity index (χ1n) is 9.14. The molecule has 8 heteroatoms. The van der Waals surface area contributed by atoms with Gasteiger partial charge in [0.15, 0.2) is 11.5 Å². The van der Waals surface area contributed by atoms with Gasteiger partial charge in [0.2, 0.25) is 0 Å². The predicted octanol–water partition coefficient (Wildman–Crippen LogP) is 3.62. The van der Waals surface area contributed by atoms with Crippen LogP contribution in [0.1, 0.15) is 36.8 Å². The average Bonchev–Trinajstić information content (AvgIpc) is 2.64. The second-order valence-corrected chi connectivity index (χ2v) is 8.02. The van der Waals surface area contributed by atoms with E-state index in [4.69, 9.17) is 13.5 Å². The van der Waals surface area contributed by atoms with Crippen LogP contribution in [-0.4, -0.2) is 36.4 Å². The van der Waals surface area contributed by atoms with Crippen molar-refractivity contribution in [1.29, 1.82) is 0 Å². The van der Waals surface area contributed by atoms with Crippen LogP contribution in [0.15, 0.2) is 30.3 Å². The zero-order valence-electron chi connectivity index (χ0n) is 15.6. The predicted molar refractivity (Wildman–Crippen MR) is 104 cm³/mol. The highest BCUT2D eigenvalue weighted by atomic mass is 32.3. The number of benzene rings is 2. The van der Waals surface area contributed by atoms with Gasteiger partial charge in [0.1, 0.15) is 5.75 Å². The summed E-state index contributed by atoms with van der Waals surface area (Å²) >= 11 is 0. The molecule has 1 atom stereocenters. The Labute approximate surface area is 164 Å². The van der Waals surface area contributed by atoms with E-state index in [9.17, 15) is 18.6 Å². The number of phenols is 2. The molecule has 28 heavy (non-hydrogen) atoms. The monoisotopic (exact) mass is 408 g/mol. The van der Waals surface area contributed by atoms with Crippen molar-refractivity contribution in [3.8, 4) is 28.4 Å². The Morgan fingerprint density at radius 1 is 0.964 bits per heavy atom. The quantitative estimate of drug-likeness (QED) is 0.665. The average molecular weight is 408 g/mol. The molecule has 2 aromatic carbocycles. The van der Waals surface area contributed by atoms with Crippen molar-refractivity contribution < 1.29 is 32.1 Å². The van der Waals surface area contributed by atoms with Gasteiger partial charge in [0, 0.05) is 11.1 Å². The highest BCUT2D eigenvalue weighted by Crippen LogP contribution is 2.42. The third-order valence-corrected chi connectivity index (χ3v) is 5.48. The number of rotatable bonds is 3.